The number of aryl methyl sites for hydroxylation is 1. The molecule has 0 saturated heterocycles. The highest BCUT2D eigenvalue weighted by atomic mass is 16.1. The number of fused-ring (bicyclic) bond motifs is 1. The van der Waals surface area contributed by atoms with Gasteiger partial charge in [-0.15, -0.1) is 0 Å². The molecule has 3 nitrogen and oxygen atoms in total. The summed E-state index contributed by atoms with van der Waals surface area (Å²) in [6.07, 6.45) is 8.66. The highest BCUT2D eigenvalue weighted by Gasteiger charge is 2.25. The highest BCUT2D eigenvalue weighted by molar-refractivity contribution is 5.77. The van der Waals surface area contributed by atoms with Gasteiger partial charge in [-0.3, -0.25) is 4.79 Å². The van der Waals surface area contributed by atoms with Crippen molar-refractivity contribution in [3.8, 4) is 0 Å². The monoisotopic (exact) mass is 300 g/mol. The number of hydrogen-bond acceptors (Lipinski definition) is 2. The standard InChI is InChI=1S/C19H28N2O/c20-13-14-8-10-17(11-9-14)21-19(22)12-16-6-3-5-15-4-1-2-7-18(15)16/h1-2,4,7,14,16-17H,3,5-6,8-13,20H2,(H,21,22). The van der Waals surface area contributed by atoms with Crippen LogP contribution in [0.5, 0.6) is 0 Å². The Bertz CT molecular complexity index is 506. The first-order valence-electron chi connectivity index (χ1n) is 8.83. The van der Waals surface area contributed by atoms with Crippen molar-refractivity contribution in [3.05, 3.63) is 35.4 Å². The second-order valence-corrected chi connectivity index (χ2v) is 7.01. The Kier molecular flexibility index (Phi) is 5.14. The van der Waals surface area contributed by atoms with E-state index in [0.717, 1.165) is 45.1 Å². The van der Waals surface area contributed by atoms with E-state index in [1.54, 1.807) is 0 Å². The minimum Gasteiger partial charge on any atom is -0.353 e. The fourth-order valence-corrected chi connectivity index (χ4v) is 4.12. The second kappa shape index (κ2) is 7.28. The third-order valence-electron chi connectivity index (χ3n) is 5.47. The van der Waals surface area contributed by atoms with Crippen molar-refractivity contribution in [2.45, 2.75) is 63.3 Å². The zero-order valence-corrected chi connectivity index (χ0v) is 13.4. The molecular weight excluding hydrogens is 272 g/mol. The molecule has 0 aliphatic heterocycles. The number of rotatable bonds is 4. The van der Waals surface area contributed by atoms with Crippen LogP contribution in [0.1, 0.15) is 62.0 Å². The molecule has 22 heavy (non-hydrogen) atoms. The number of hydrogen-bond donors (Lipinski definition) is 2. The Balaban J connectivity index is 1.53. The lowest BCUT2D eigenvalue weighted by Gasteiger charge is -2.30. The summed E-state index contributed by atoms with van der Waals surface area (Å²) in [5.74, 6) is 1.31. The first-order valence-corrected chi connectivity index (χ1v) is 8.83. The normalized spacial score (nSPS) is 28.0. The van der Waals surface area contributed by atoms with Crippen LogP contribution in [0.2, 0.25) is 0 Å². The Morgan fingerprint density at radius 3 is 2.68 bits per heavy atom. The first-order chi connectivity index (χ1) is 10.8. The van der Waals surface area contributed by atoms with Crippen molar-refractivity contribution >= 4 is 5.91 Å². The van der Waals surface area contributed by atoms with Crippen LogP contribution < -0.4 is 11.1 Å². The van der Waals surface area contributed by atoms with Gasteiger partial charge >= 0.3 is 0 Å². The van der Waals surface area contributed by atoms with Crippen molar-refractivity contribution < 1.29 is 4.79 Å². The first kappa shape index (κ1) is 15.5. The molecule has 1 saturated carbocycles. The van der Waals surface area contributed by atoms with Crippen LogP contribution in [0.4, 0.5) is 0 Å². The summed E-state index contributed by atoms with van der Waals surface area (Å²) in [4.78, 5) is 12.4. The van der Waals surface area contributed by atoms with Crippen molar-refractivity contribution in [1.82, 2.24) is 5.32 Å². The Morgan fingerprint density at radius 2 is 1.91 bits per heavy atom. The van der Waals surface area contributed by atoms with Crippen molar-refractivity contribution in [2.75, 3.05) is 6.54 Å². The third kappa shape index (κ3) is 3.70. The minimum atomic E-state index is 0.234. The molecule has 2 aliphatic carbocycles. The van der Waals surface area contributed by atoms with Gasteiger partial charge in [0.25, 0.3) is 0 Å². The number of amides is 1. The van der Waals surface area contributed by atoms with Crippen LogP contribution >= 0.6 is 0 Å². The van der Waals surface area contributed by atoms with Crippen LogP contribution in [-0.4, -0.2) is 18.5 Å². The van der Waals surface area contributed by atoms with E-state index >= 15 is 0 Å². The largest absolute Gasteiger partial charge is 0.353 e. The van der Waals surface area contributed by atoms with Crippen LogP contribution in [0.3, 0.4) is 0 Å². The molecule has 0 bridgehead atoms. The molecule has 1 amide bonds. The van der Waals surface area contributed by atoms with Crippen LogP contribution in [0, 0.1) is 5.92 Å². The summed E-state index contributed by atoms with van der Waals surface area (Å²) < 4.78 is 0. The van der Waals surface area contributed by atoms with Gasteiger partial charge in [-0.1, -0.05) is 24.3 Å². The van der Waals surface area contributed by atoms with Crippen LogP contribution in [0.15, 0.2) is 24.3 Å². The quantitative estimate of drug-likeness (QED) is 0.897. The Morgan fingerprint density at radius 1 is 1.14 bits per heavy atom. The summed E-state index contributed by atoms with van der Waals surface area (Å²) in [6.45, 7) is 0.791. The molecular formula is C19H28N2O. The lowest BCUT2D eigenvalue weighted by Crippen LogP contribution is -2.39. The summed E-state index contributed by atoms with van der Waals surface area (Å²) in [7, 11) is 0. The molecule has 0 radical (unpaired) electrons. The topological polar surface area (TPSA) is 55.1 Å². The van der Waals surface area contributed by atoms with Gasteiger partial charge in [0.05, 0.1) is 0 Å². The smallest absolute Gasteiger partial charge is 0.220 e. The van der Waals surface area contributed by atoms with E-state index in [1.165, 1.54) is 17.5 Å². The van der Waals surface area contributed by atoms with Crippen molar-refractivity contribution in [3.63, 3.8) is 0 Å². The molecule has 3 rings (SSSR count). The molecule has 1 fully saturated rings. The second-order valence-electron chi connectivity index (χ2n) is 7.01. The lowest BCUT2D eigenvalue weighted by atomic mass is 9.80. The average molecular weight is 300 g/mol. The maximum atomic E-state index is 12.4. The maximum Gasteiger partial charge on any atom is 0.220 e. The third-order valence-corrected chi connectivity index (χ3v) is 5.47. The summed E-state index contributed by atoms with van der Waals surface area (Å²) >= 11 is 0. The number of nitrogens with two attached hydrogens (primary N) is 1. The van der Waals surface area contributed by atoms with E-state index in [9.17, 15) is 4.79 Å². The summed E-state index contributed by atoms with van der Waals surface area (Å²) in [5.41, 5.74) is 8.57. The molecule has 2 aliphatic rings. The minimum absolute atomic E-state index is 0.234. The van der Waals surface area contributed by atoms with Crippen molar-refractivity contribution in [1.29, 1.82) is 0 Å². The van der Waals surface area contributed by atoms with E-state index in [4.69, 9.17) is 5.73 Å². The van der Waals surface area contributed by atoms with E-state index in [1.807, 2.05) is 0 Å². The molecule has 0 aromatic heterocycles. The molecule has 3 heteroatoms. The Hall–Kier alpha value is -1.35. The van der Waals surface area contributed by atoms with E-state index in [0.29, 0.717) is 24.3 Å². The summed E-state index contributed by atoms with van der Waals surface area (Å²) in [6, 6.07) is 9.00. The van der Waals surface area contributed by atoms with Gasteiger partial charge in [-0.2, -0.15) is 0 Å². The van der Waals surface area contributed by atoms with Gasteiger partial charge in [-0.25, -0.2) is 0 Å². The molecule has 3 N–H and O–H groups in total. The zero-order valence-electron chi connectivity index (χ0n) is 13.4. The summed E-state index contributed by atoms with van der Waals surface area (Å²) in [5, 5.41) is 3.26. The van der Waals surface area contributed by atoms with Gasteiger partial charge in [0.15, 0.2) is 0 Å². The SMILES string of the molecule is NCC1CCC(NC(=O)CC2CCCc3ccccc32)CC1. The molecule has 1 aromatic carbocycles. The van der Waals surface area contributed by atoms with Gasteiger partial charge < -0.3 is 11.1 Å². The molecule has 1 unspecified atom stereocenters. The number of benzene rings is 1. The molecule has 0 spiro atoms. The van der Waals surface area contributed by atoms with Gasteiger partial charge in [0.1, 0.15) is 0 Å². The molecule has 0 heterocycles. The fraction of sp³-hybridized carbons (Fsp3) is 0.632. The van der Waals surface area contributed by atoms with E-state index < -0.39 is 0 Å². The lowest BCUT2D eigenvalue weighted by molar-refractivity contribution is -0.122. The van der Waals surface area contributed by atoms with E-state index in [-0.39, 0.29) is 5.91 Å². The van der Waals surface area contributed by atoms with Gasteiger partial charge in [0, 0.05) is 12.5 Å². The molecule has 1 aromatic rings. The van der Waals surface area contributed by atoms with Gasteiger partial charge in [0.2, 0.25) is 5.91 Å². The van der Waals surface area contributed by atoms with Crippen molar-refractivity contribution in [2.24, 2.45) is 11.7 Å². The van der Waals surface area contributed by atoms with Crippen LogP contribution in [0.25, 0.3) is 0 Å². The fourth-order valence-electron chi connectivity index (χ4n) is 4.12. The van der Waals surface area contributed by atoms with Gasteiger partial charge in [-0.05, 0) is 74.5 Å². The maximum absolute atomic E-state index is 12.4. The van der Waals surface area contributed by atoms with Crippen LogP contribution in [-0.2, 0) is 11.2 Å². The number of carbonyl (C=O) groups is 1. The predicted octanol–water partition coefficient (Wildman–Crippen LogP) is 3.13. The molecule has 1 atom stereocenters. The zero-order chi connectivity index (χ0) is 15.4. The molecule has 120 valence electrons. The average Bonchev–Trinajstić information content (AvgIpc) is 2.56. The Labute approximate surface area is 133 Å². The predicted molar refractivity (Wildman–Crippen MR) is 89.7 cm³/mol. The van der Waals surface area contributed by atoms with E-state index in [2.05, 4.69) is 29.6 Å². The number of carbonyl (C=O) groups excluding carboxylic acids is 1. The number of nitrogens with one attached hydrogen (secondary N) is 1. The highest BCUT2D eigenvalue weighted by Crippen LogP contribution is 2.34.